The van der Waals surface area contributed by atoms with Crippen molar-refractivity contribution in [2.75, 3.05) is 56.8 Å². The summed E-state index contributed by atoms with van der Waals surface area (Å²) in [6, 6.07) is 11.9. The molecule has 186 valence electrons. The smallest absolute Gasteiger partial charge is 0.349 e. The van der Waals surface area contributed by atoms with Gasteiger partial charge >= 0.3 is 6.03 Å². The molecule has 3 aromatic rings. The molecule has 0 atom stereocenters. The zero-order chi connectivity index (χ0) is 24.6. The van der Waals surface area contributed by atoms with Crippen molar-refractivity contribution in [3.05, 3.63) is 42.5 Å². The van der Waals surface area contributed by atoms with E-state index in [9.17, 15) is 4.79 Å². The molecule has 0 saturated carbocycles. The summed E-state index contributed by atoms with van der Waals surface area (Å²) in [7, 11) is 3.06. The molecule has 2 heterocycles. The lowest BCUT2D eigenvalue weighted by Crippen LogP contribution is -2.33. The number of nitrogens with two attached hydrogens (primary N) is 1. The van der Waals surface area contributed by atoms with Gasteiger partial charge in [0.2, 0.25) is 11.9 Å². The number of hydrogen-bond acceptors (Lipinski definition) is 9. The van der Waals surface area contributed by atoms with Crippen LogP contribution in [-0.4, -0.2) is 66.2 Å². The largest absolute Gasteiger partial charge is 0.493 e. The van der Waals surface area contributed by atoms with Crippen molar-refractivity contribution >= 4 is 29.3 Å². The second kappa shape index (κ2) is 11.4. The number of hydrogen-bond donors (Lipinski definition) is 3. The number of methoxy groups -OCH3 is 2. The summed E-state index contributed by atoms with van der Waals surface area (Å²) in [5.41, 5.74) is 7.15. The maximum Gasteiger partial charge on any atom is 0.349 e. The summed E-state index contributed by atoms with van der Waals surface area (Å²) < 4.78 is 17.3. The molecule has 11 nitrogen and oxygen atoms in total. The predicted molar refractivity (Wildman–Crippen MR) is 134 cm³/mol. The number of piperidine rings is 1. The van der Waals surface area contributed by atoms with Crippen molar-refractivity contribution in [1.29, 1.82) is 0 Å². The highest BCUT2D eigenvalue weighted by Crippen LogP contribution is 2.30. The Balaban J connectivity index is 1.32. The van der Waals surface area contributed by atoms with E-state index < -0.39 is 6.03 Å². The molecular formula is C24H31N7O4. The first kappa shape index (κ1) is 24.1. The molecule has 4 N–H and O–H groups in total. The van der Waals surface area contributed by atoms with Gasteiger partial charge in [0.25, 0.3) is 0 Å². The zero-order valence-electron chi connectivity index (χ0n) is 20.0. The number of likely N-dealkylation sites (tertiary alicyclic amines) is 1. The van der Waals surface area contributed by atoms with E-state index in [4.69, 9.17) is 19.9 Å². The van der Waals surface area contributed by atoms with Crippen LogP contribution in [0.25, 0.3) is 0 Å². The molecule has 0 aliphatic carbocycles. The van der Waals surface area contributed by atoms with Crippen LogP contribution < -0.4 is 30.6 Å². The fraction of sp³-hybridized carbons (Fsp3) is 0.375. The number of ether oxygens (including phenoxy) is 3. The van der Waals surface area contributed by atoms with Crippen molar-refractivity contribution in [3.8, 4) is 17.2 Å². The van der Waals surface area contributed by atoms with Gasteiger partial charge in [-0.3, -0.25) is 4.90 Å². The monoisotopic (exact) mass is 481 g/mol. The van der Waals surface area contributed by atoms with E-state index in [1.165, 1.54) is 33.5 Å². The van der Waals surface area contributed by atoms with Gasteiger partial charge in [-0.15, -0.1) is 9.78 Å². The van der Waals surface area contributed by atoms with Crippen LogP contribution in [0.5, 0.6) is 17.2 Å². The number of amides is 1. The number of benzene rings is 2. The molecule has 1 aromatic heterocycles. The van der Waals surface area contributed by atoms with E-state index in [1.54, 1.807) is 18.2 Å². The van der Waals surface area contributed by atoms with E-state index in [0.29, 0.717) is 23.8 Å². The highest BCUT2D eigenvalue weighted by Gasteiger charge is 2.16. The minimum Gasteiger partial charge on any atom is -0.493 e. The summed E-state index contributed by atoms with van der Waals surface area (Å²) in [6.45, 7) is 3.90. The lowest BCUT2D eigenvalue weighted by atomic mass is 10.1. The predicted octanol–water partition coefficient (Wildman–Crippen LogP) is 3.57. The van der Waals surface area contributed by atoms with Crippen LogP contribution in [0.4, 0.5) is 28.1 Å². The van der Waals surface area contributed by atoms with Gasteiger partial charge < -0.3 is 30.6 Å². The van der Waals surface area contributed by atoms with Crippen molar-refractivity contribution < 1.29 is 19.0 Å². The Morgan fingerprint density at radius 2 is 1.71 bits per heavy atom. The summed E-state index contributed by atoms with van der Waals surface area (Å²) in [6.07, 6.45) is 3.87. The first-order valence-corrected chi connectivity index (χ1v) is 11.5. The Hall–Kier alpha value is -3.99. The second-order valence-corrected chi connectivity index (χ2v) is 8.11. The van der Waals surface area contributed by atoms with Gasteiger partial charge in [-0.05, 0) is 62.3 Å². The normalized spacial score (nSPS) is 13.8. The summed E-state index contributed by atoms with van der Waals surface area (Å²) in [5.74, 6) is 1.97. The third-order valence-corrected chi connectivity index (χ3v) is 5.69. The molecule has 1 saturated heterocycles. The van der Waals surface area contributed by atoms with Crippen LogP contribution in [0.15, 0.2) is 42.5 Å². The molecule has 2 aromatic carbocycles. The molecule has 0 radical (unpaired) electrons. The number of nitrogens with one attached hydrogen (secondary N) is 2. The minimum absolute atomic E-state index is 0.0526. The fourth-order valence-corrected chi connectivity index (χ4v) is 3.86. The molecule has 35 heavy (non-hydrogen) atoms. The summed E-state index contributed by atoms with van der Waals surface area (Å²) in [5, 5.41) is 9.93. The molecule has 1 fully saturated rings. The molecule has 1 amide bonds. The Morgan fingerprint density at radius 1 is 1.00 bits per heavy atom. The van der Waals surface area contributed by atoms with Gasteiger partial charge in [0.15, 0.2) is 11.5 Å². The Kier molecular flexibility index (Phi) is 7.88. The van der Waals surface area contributed by atoms with Crippen LogP contribution in [-0.2, 0) is 0 Å². The van der Waals surface area contributed by atoms with Crippen molar-refractivity contribution in [1.82, 2.24) is 19.7 Å². The number of rotatable bonds is 9. The minimum atomic E-state index is -0.562. The fourth-order valence-electron chi connectivity index (χ4n) is 3.86. The number of carbonyl (C=O) groups excluding carboxylic acids is 1. The molecule has 0 bridgehead atoms. The van der Waals surface area contributed by atoms with Gasteiger partial charge in [0, 0.05) is 24.0 Å². The molecule has 4 rings (SSSR count). The average molecular weight is 482 g/mol. The van der Waals surface area contributed by atoms with E-state index in [-0.39, 0.29) is 11.9 Å². The van der Waals surface area contributed by atoms with E-state index >= 15 is 0 Å². The van der Waals surface area contributed by atoms with Crippen molar-refractivity contribution in [2.45, 2.75) is 19.3 Å². The van der Waals surface area contributed by atoms with Gasteiger partial charge in [-0.1, -0.05) is 6.42 Å². The number of nitrogen functional groups attached to an aromatic ring is 1. The maximum absolute atomic E-state index is 12.7. The first-order chi connectivity index (χ1) is 17.1. The topological polar surface area (TPSA) is 129 Å². The third-order valence-electron chi connectivity index (χ3n) is 5.69. The average Bonchev–Trinajstić information content (AvgIpc) is 3.25. The molecule has 0 unspecified atom stereocenters. The van der Waals surface area contributed by atoms with E-state index in [1.807, 2.05) is 24.3 Å². The number of carbonyl (C=O) groups is 1. The van der Waals surface area contributed by atoms with Gasteiger partial charge in [-0.25, -0.2) is 4.79 Å². The third kappa shape index (κ3) is 6.33. The maximum atomic E-state index is 12.7. The second-order valence-electron chi connectivity index (χ2n) is 8.11. The van der Waals surface area contributed by atoms with Crippen LogP contribution in [0.3, 0.4) is 0 Å². The van der Waals surface area contributed by atoms with Crippen LogP contribution in [0, 0.1) is 0 Å². The Labute approximate surface area is 204 Å². The molecule has 0 spiro atoms. The first-order valence-electron chi connectivity index (χ1n) is 11.5. The van der Waals surface area contributed by atoms with Crippen LogP contribution in [0.1, 0.15) is 19.3 Å². The van der Waals surface area contributed by atoms with E-state index in [0.717, 1.165) is 35.8 Å². The highest BCUT2D eigenvalue weighted by molar-refractivity contribution is 5.92. The molecule has 11 heteroatoms. The Morgan fingerprint density at radius 3 is 2.43 bits per heavy atom. The zero-order valence-corrected chi connectivity index (χ0v) is 20.0. The van der Waals surface area contributed by atoms with Crippen LogP contribution in [0.2, 0.25) is 0 Å². The van der Waals surface area contributed by atoms with Gasteiger partial charge in [0.05, 0.1) is 14.2 Å². The van der Waals surface area contributed by atoms with Crippen molar-refractivity contribution in [2.24, 2.45) is 0 Å². The SMILES string of the molecule is COc1ccc(NC(=O)n2nc(Nc3ccc(OCCN4CCCCC4)cc3)nc2N)cc1OC. The van der Waals surface area contributed by atoms with Gasteiger partial charge in [0.1, 0.15) is 12.4 Å². The molecular weight excluding hydrogens is 450 g/mol. The number of anilines is 4. The Bertz CT molecular complexity index is 1130. The number of aromatic nitrogens is 3. The van der Waals surface area contributed by atoms with E-state index in [2.05, 4.69) is 25.6 Å². The standard InChI is InChI=1S/C24H31N7O4/c1-33-20-11-8-18(16-21(20)34-2)27-24(32)31-22(25)28-23(29-31)26-17-6-9-19(10-7-17)35-15-14-30-12-4-3-5-13-30/h6-11,16H,3-5,12-15H2,1-2H3,(H,27,32)(H3,25,26,28,29). The summed E-state index contributed by atoms with van der Waals surface area (Å²) >= 11 is 0. The molecule has 1 aliphatic heterocycles. The highest BCUT2D eigenvalue weighted by atomic mass is 16.5. The summed E-state index contributed by atoms with van der Waals surface area (Å²) in [4.78, 5) is 19.2. The van der Waals surface area contributed by atoms with Gasteiger partial charge in [-0.2, -0.15) is 4.98 Å². The van der Waals surface area contributed by atoms with Crippen molar-refractivity contribution in [3.63, 3.8) is 0 Å². The quantitative estimate of drug-likeness (QED) is 0.420. The number of nitrogens with zero attached hydrogens (tertiary/aromatic N) is 4. The lowest BCUT2D eigenvalue weighted by molar-refractivity contribution is 0.183. The molecule has 1 aliphatic rings. The van der Waals surface area contributed by atoms with Crippen LogP contribution >= 0.6 is 0 Å². The lowest BCUT2D eigenvalue weighted by Gasteiger charge is -2.26.